The molecule has 8 heteroatoms. The second-order valence-corrected chi connectivity index (χ2v) is 7.04. The molecule has 0 saturated carbocycles. The van der Waals surface area contributed by atoms with E-state index in [1.54, 1.807) is 13.2 Å². The average Bonchev–Trinajstić information content (AvgIpc) is 3.36. The molecule has 1 unspecified atom stereocenters. The second kappa shape index (κ2) is 9.48. The Morgan fingerprint density at radius 1 is 1.41 bits per heavy atom. The van der Waals surface area contributed by atoms with Crippen molar-refractivity contribution in [1.82, 2.24) is 10.2 Å². The molecule has 2 heterocycles. The third-order valence-electron chi connectivity index (χ3n) is 3.95. The summed E-state index contributed by atoms with van der Waals surface area (Å²) in [5.41, 5.74) is 0.836. The van der Waals surface area contributed by atoms with E-state index < -0.39 is 0 Å². The number of carbonyl (C=O) groups excluding carboxylic acids is 1. The molecule has 1 aliphatic rings. The minimum Gasteiger partial charge on any atom is -0.493 e. The van der Waals surface area contributed by atoms with Crippen LogP contribution in [0, 0.1) is 0 Å². The van der Waals surface area contributed by atoms with Crippen LogP contribution in [0.4, 0.5) is 5.13 Å². The molecule has 1 aliphatic heterocycles. The molecule has 0 aliphatic carbocycles. The van der Waals surface area contributed by atoms with E-state index in [4.69, 9.17) is 14.2 Å². The van der Waals surface area contributed by atoms with Crippen LogP contribution in [0.1, 0.15) is 42.9 Å². The number of aromatic nitrogens is 2. The lowest BCUT2D eigenvalue weighted by Gasteiger charge is -2.10. The molecule has 1 aromatic carbocycles. The maximum absolute atomic E-state index is 12.1. The Morgan fingerprint density at radius 3 is 3.04 bits per heavy atom. The molecule has 1 aromatic heterocycles. The molecule has 0 radical (unpaired) electrons. The van der Waals surface area contributed by atoms with Gasteiger partial charge in [0.25, 0.3) is 0 Å². The summed E-state index contributed by atoms with van der Waals surface area (Å²) in [4.78, 5) is 12.1. The fourth-order valence-electron chi connectivity index (χ4n) is 2.63. The highest BCUT2D eigenvalue weighted by Crippen LogP contribution is 2.32. The molecule has 0 spiro atoms. The van der Waals surface area contributed by atoms with E-state index in [9.17, 15) is 4.79 Å². The zero-order valence-electron chi connectivity index (χ0n) is 15.4. The van der Waals surface area contributed by atoms with Crippen LogP contribution in [0.25, 0.3) is 6.08 Å². The van der Waals surface area contributed by atoms with Crippen LogP contribution in [-0.4, -0.2) is 36.4 Å². The first-order valence-electron chi connectivity index (χ1n) is 8.94. The van der Waals surface area contributed by atoms with E-state index in [-0.39, 0.29) is 12.0 Å². The Kier molecular flexibility index (Phi) is 6.78. The molecule has 1 N–H and O–H groups in total. The van der Waals surface area contributed by atoms with Crippen molar-refractivity contribution in [3.63, 3.8) is 0 Å². The molecule has 144 valence electrons. The van der Waals surface area contributed by atoms with Gasteiger partial charge in [-0.3, -0.25) is 10.1 Å². The molecule has 27 heavy (non-hydrogen) atoms. The van der Waals surface area contributed by atoms with Crippen LogP contribution in [0.5, 0.6) is 11.5 Å². The fourth-order valence-corrected chi connectivity index (χ4v) is 3.46. The minimum absolute atomic E-state index is 0.00426. The first-order valence-corrected chi connectivity index (χ1v) is 9.76. The van der Waals surface area contributed by atoms with E-state index >= 15 is 0 Å². The van der Waals surface area contributed by atoms with Gasteiger partial charge in [-0.05, 0) is 43.0 Å². The van der Waals surface area contributed by atoms with E-state index in [2.05, 4.69) is 15.5 Å². The SMILES string of the molecule is CCCOc1ccc(/C=C/C(=O)Nc2nnc(C3CCCO3)s2)cc1OC. The number of hydrogen-bond donors (Lipinski definition) is 1. The summed E-state index contributed by atoms with van der Waals surface area (Å²) in [6.07, 6.45) is 6.07. The van der Waals surface area contributed by atoms with Gasteiger partial charge in [0.1, 0.15) is 11.1 Å². The van der Waals surface area contributed by atoms with Crippen molar-refractivity contribution in [2.75, 3.05) is 25.6 Å². The lowest BCUT2D eigenvalue weighted by atomic mass is 10.2. The number of rotatable bonds is 8. The molecule has 1 atom stereocenters. The van der Waals surface area contributed by atoms with Gasteiger partial charge in [-0.15, -0.1) is 10.2 Å². The van der Waals surface area contributed by atoms with Crippen molar-refractivity contribution in [2.45, 2.75) is 32.3 Å². The number of benzene rings is 1. The van der Waals surface area contributed by atoms with Crippen molar-refractivity contribution in [1.29, 1.82) is 0 Å². The summed E-state index contributed by atoms with van der Waals surface area (Å²) in [7, 11) is 1.59. The predicted octanol–water partition coefficient (Wildman–Crippen LogP) is 3.84. The molecular formula is C19H23N3O4S. The average molecular weight is 389 g/mol. The zero-order valence-corrected chi connectivity index (χ0v) is 16.3. The van der Waals surface area contributed by atoms with Gasteiger partial charge >= 0.3 is 0 Å². The van der Waals surface area contributed by atoms with Gasteiger partial charge in [-0.2, -0.15) is 0 Å². The topological polar surface area (TPSA) is 82.6 Å². The number of methoxy groups -OCH3 is 1. The Bertz CT molecular complexity index is 800. The molecule has 0 bridgehead atoms. The lowest BCUT2D eigenvalue weighted by molar-refractivity contribution is -0.111. The van der Waals surface area contributed by atoms with Gasteiger partial charge in [-0.1, -0.05) is 24.3 Å². The van der Waals surface area contributed by atoms with Crippen molar-refractivity contribution >= 4 is 28.5 Å². The highest BCUT2D eigenvalue weighted by molar-refractivity contribution is 7.15. The van der Waals surface area contributed by atoms with Crippen LogP contribution in [0.2, 0.25) is 0 Å². The second-order valence-electron chi connectivity index (χ2n) is 6.03. The van der Waals surface area contributed by atoms with E-state index in [0.29, 0.717) is 23.2 Å². The number of nitrogens with zero attached hydrogens (tertiary/aromatic N) is 2. The van der Waals surface area contributed by atoms with Crippen LogP contribution >= 0.6 is 11.3 Å². The van der Waals surface area contributed by atoms with Gasteiger partial charge in [0.2, 0.25) is 11.0 Å². The molecule has 1 saturated heterocycles. The highest BCUT2D eigenvalue weighted by Gasteiger charge is 2.22. The molecule has 1 fully saturated rings. The smallest absolute Gasteiger partial charge is 0.250 e. The summed E-state index contributed by atoms with van der Waals surface area (Å²) in [6.45, 7) is 3.42. The van der Waals surface area contributed by atoms with Crippen LogP contribution in [0.3, 0.4) is 0 Å². The van der Waals surface area contributed by atoms with Gasteiger partial charge < -0.3 is 14.2 Å². The molecule has 7 nitrogen and oxygen atoms in total. The van der Waals surface area contributed by atoms with E-state index in [0.717, 1.165) is 36.4 Å². The van der Waals surface area contributed by atoms with Gasteiger partial charge in [-0.25, -0.2) is 0 Å². The summed E-state index contributed by atoms with van der Waals surface area (Å²) in [6, 6.07) is 5.54. The largest absolute Gasteiger partial charge is 0.493 e. The first kappa shape index (κ1) is 19.3. The predicted molar refractivity (Wildman–Crippen MR) is 104 cm³/mol. The van der Waals surface area contributed by atoms with Crippen molar-refractivity contribution < 1.29 is 19.0 Å². The third kappa shape index (κ3) is 5.27. The van der Waals surface area contributed by atoms with Gasteiger partial charge in [0, 0.05) is 12.7 Å². The number of nitrogens with one attached hydrogen (secondary N) is 1. The third-order valence-corrected chi connectivity index (χ3v) is 4.88. The van der Waals surface area contributed by atoms with E-state index in [1.165, 1.54) is 17.4 Å². The van der Waals surface area contributed by atoms with Crippen LogP contribution in [0.15, 0.2) is 24.3 Å². The van der Waals surface area contributed by atoms with E-state index in [1.807, 2.05) is 25.1 Å². The number of anilines is 1. The summed E-state index contributed by atoms with van der Waals surface area (Å²) in [5, 5.41) is 12.1. The first-order chi connectivity index (χ1) is 13.2. The molecule has 3 rings (SSSR count). The molecular weight excluding hydrogens is 366 g/mol. The number of carbonyl (C=O) groups is 1. The number of amides is 1. The number of hydrogen-bond acceptors (Lipinski definition) is 7. The van der Waals surface area contributed by atoms with Gasteiger partial charge in [0.05, 0.1) is 13.7 Å². The Morgan fingerprint density at radius 2 is 2.30 bits per heavy atom. The maximum Gasteiger partial charge on any atom is 0.250 e. The van der Waals surface area contributed by atoms with Crippen molar-refractivity contribution in [2.24, 2.45) is 0 Å². The maximum atomic E-state index is 12.1. The molecule has 1 amide bonds. The summed E-state index contributed by atoms with van der Waals surface area (Å²) < 4.78 is 16.6. The highest BCUT2D eigenvalue weighted by atomic mass is 32.1. The van der Waals surface area contributed by atoms with Crippen molar-refractivity contribution in [3.8, 4) is 11.5 Å². The monoisotopic (exact) mass is 389 g/mol. The molecule has 2 aromatic rings. The normalized spacial score (nSPS) is 16.6. The minimum atomic E-state index is -0.268. The number of ether oxygens (including phenoxy) is 3. The van der Waals surface area contributed by atoms with Crippen molar-refractivity contribution in [3.05, 3.63) is 34.8 Å². The Balaban J connectivity index is 1.59. The van der Waals surface area contributed by atoms with Gasteiger partial charge in [0.15, 0.2) is 11.5 Å². The Hall–Kier alpha value is -2.45. The summed E-state index contributed by atoms with van der Waals surface area (Å²) >= 11 is 1.35. The zero-order chi connectivity index (χ0) is 19.1. The lowest BCUT2D eigenvalue weighted by Crippen LogP contribution is -2.07. The summed E-state index contributed by atoms with van der Waals surface area (Å²) in [5.74, 6) is 1.06. The fraction of sp³-hybridized carbons (Fsp3) is 0.421. The quantitative estimate of drug-likeness (QED) is 0.691. The van der Waals surface area contributed by atoms with Crippen LogP contribution in [-0.2, 0) is 9.53 Å². The Labute approximate surface area is 162 Å². The van der Waals surface area contributed by atoms with Crippen LogP contribution < -0.4 is 14.8 Å². The standard InChI is InChI=1S/C19H23N3O4S/c1-3-10-25-14-8-6-13(12-16(14)24-2)7-9-17(23)20-19-22-21-18(27-19)15-5-4-11-26-15/h6-9,12,15H,3-5,10-11H2,1-2H3,(H,20,22,23)/b9-7+.